The lowest BCUT2D eigenvalue weighted by Gasteiger charge is -2.22. The maximum absolute atomic E-state index is 5.57. The molecule has 13 rings (SSSR count). The molecule has 0 unspecified atom stereocenters. The van der Waals surface area contributed by atoms with Gasteiger partial charge in [-0.2, -0.15) is 0 Å². The van der Waals surface area contributed by atoms with Crippen molar-refractivity contribution in [3.05, 3.63) is 205 Å². The van der Waals surface area contributed by atoms with Crippen LogP contribution in [0.25, 0.3) is 110 Å². The maximum atomic E-state index is 5.57. The Kier molecular flexibility index (Phi) is 7.04. The van der Waals surface area contributed by atoms with E-state index in [1.165, 1.54) is 76.7 Å². The number of aromatic nitrogens is 4. The average Bonchev–Trinajstić information content (AvgIpc) is 3.91. The van der Waals surface area contributed by atoms with Gasteiger partial charge >= 0.3 is 0 Å². The zero-order chi connectivity index (χ0) is 40.4. The highest BCUT2D eigenvalue weighted by Crippen LogP contribution is 2.50. The molecule has 4 nitrogen and oxygen atoms in total. The second-order valence-electron chi connectivity index (χ2n) is 17.0. The molecule has 0 aliphatic heterocycles. The van der Waals surface area contributed by atoms with E-state index in [9.17, 15) is 0 Å². The third-order valence-corrected chi connectivity index (χ3v) is 13.3. The quantitative estimate of drug-likeness (QED) is 0.178. The van der Waals surface area contributed by atoms with E-state index < -0.39 is 0 Å². The predicted molar refractivity (Wildman–Crippen MR) is 254 cm³/mol. The van der Waals surface area contributed by atoms with Crippen LogP contribution in [-0.4, -0.2) is 19.1 Å². The first-order chi connectivity index (χ1) is 30.0. The highest BCUT2D eigenvalue weighted by Gasteiger charge is 2.35. The van der Waals surface area contributed by atoms with Gasteiger partial charge in [0.25, 0.3) is 0 Å². The van der Waals surface area contributed by atoms with Crippen molar-refractivity contribution in [2.75, 3.05) is 0 Å². The summed E-state index contributed by atoms with van der Waals surface area (Å²) in [5.41, 5.74) is 16.1. The number of rotatable bonds is 4. The van der Waals surface area contributed by atoms with Crippen LogP contribution in [0.15, 0.2) is 194 Å². The zero-order valence-electron chi connectivity index (χ0n) is 33.8. The molecule has 0 N–H and O–H groups in total. The van der Waals surface area contributed by atoms with Crippen molar-refractivity contribution >= 4 is 65.3 Å². The molecule has 9 aromatic carbocycles. The zero-order valence-corrected chi connectivity index (χ0v) is 33.8. The van der Waals surface area contributed by atoms with Crippen LogP contribution in [0.1, 0.15) is 25.0 Å². The molecule has 0 fully saturated rings. The standard InChI is InChI=1S/C57H38N4/c1-57(2)47-24-12-8-19-39(47)40-30-28-36(33-48(40)57)55-43-22-9-13-25-49(43)58-56(59-55)61-51-27-15-11-23-44(51)54-42-21-7-6-18-38(42)45(34-53(54)61)35-29-31-52-46(32-35)41-20-10-14-26-50(41)60(52)37-16-4-3-5-17-37/h3-34H,1-2H3. The fourth-order valence-corrected chi connectivity index (χ4v) is 10.5. The minimum Gasteiger partial charge on any atom is -0.309 e. The largest absolute Gasteiger partial charge is 0.309 e. The molecule has 3 aromatic heterocycles. The number of nitrogens with zero attached hydrogens (tertiary/aromatic N) is 4. The van der Waals surface area contributed by atoms with Crippen LogP contribution in [0.4, 0.5) is 0 Å². The van der Waals surface area contributed by atoms with E-state index in [2.05, 4.69) is 217 Å². The van der Waals surface area contributed by atoms with Crippen molar-refractivity contribution in [2.45, 2.75) is 19.3 Å². The molecule has 4 heteroatoms. The minimum absolute atomic E-state index is 0.128. The number of fused-ring (bicyclic) bond motifs is 12. The van der Waals surface area contributed by atoms with E-state index in [0.717, 1.165) is 38.9 Å². The van der Waals surface area contributed by atoms with Gasteiger partial charge in [-0.15, -0.1) is 0 Å². The molecule has 0 radical (unpaired) electrons. The lowest BCUT2D eigenvalue weighted by atomic mass is 9.82. The van der Waals surface area contributed by atoms with E-state index in [1.807, 2.05) is 0 Å². The third kappa shape index (κ3) is 4.82. The Morgan fingerprint density at radius 1 is 0.377 bits per heavy atom. The van der Waals surface area contributed by atoms with Gasteiger partial charge in [0.05, 0.1) is 33.3 Å². The van der Waals surface area contributed by atoms with Crippen molar-refractivity contribution in [1.29, 1.82) is 0 Å². The first-order valence-electron chi connectivity index (χ1n) is 21.1. The molecular weight excluding hydrogens is 741 g/mol. The monoisotopic (exact) mass is 778 g/mol. The molecule has 0 saturated heterocycles. The van der Waals surface area contributed by atoms with E-state index in [0.29, 0.717) is 5.95 Å². The van der Waals surface area contributed by atoms with Crippen LogP contribution < -0.4 is 0 Å². The highest BCUT2D eigenvalue weighted by atomic mass is 15.2. The SMILES string of the molecule is CC1(C)c2ccccc2-c2ccc(-c3nc(-n4c5ccccc5c5c6ccccc6c(-c6ccc7c(c6)c6ccccc6n7-c6ccccc6)cc54)nc4ccccc34)cc21. The topological polar surface area (TPSA) is 35.6 Å². The van der Waals surface area contributed by atoms with Crippen LogP contribution in [0, 0.1) is 0 Å². The van der Waals surface area contributed by atoms with E-state index in [1.54, 1.807) is 0 Å². The number of hydrogen-bond acceptors (Lipinski definition) is 2. The molecular formula is C57H38N4. The van der Waals surface area contributed by atoms with Crippen molar-refractivity contribution in [2.24, 2.45) is 0 Å². The second kappa shape index (κ2) is 12.6. The van der Waals surface area contributed by atoms with E-state index >= 15 is 0 Å². The van der Waals surface area contributed by atoms with Crippen LogP contribution in [0.2, 0.25) is 0 Å². The molecule has 1 aliphatic carbocycles. The average molecular weight is 779 g/mol. The van der Waals surface area contributed by atoms with Gasteiger partial charge in [-0.1, -0.05) is 153 Å². The summed E-state index contributed by atoms with van der Waals surface area (Å²) in [6.07, 6.45) is 0. The first kappa shape index (κ1) is 34.1. The molecule has 61 heavy (non-hydrogen) atoms. The van der Waals surface area contributed by atoms with Gasteiger partial charge < -0.3 is 4.57 Å². The van der Waals surface area contributed by atoms with Gasteiger partial charge in [0.2, 0.25) is 5.95 Å². The fraction of sp³-hybridized carbons (Fsp3) is 0.0526. The first-order valence-corrected chi connectivity index (χ1v) is 21.1. The summed E-state index contributed by atoms with van der Waals surface area (Å²) >= 11 is 0. The third-order valence-electron chi connectivity index (χ3n) is 13.3. The van der Waals surface area contributed by atoms with Gasteiger partial charge in [0.15, 0.2) is 0 Å². The molecule has 1 aliphatic rings. The van der Waals surface area contributed by atoms with Crippen LogP contribution in [0.3, 0.4) is 0 Å². The number of benzene rings is 9. The summed E-state index contributed by atoms with van der Waals surface area (Å²) in [4.78, 5) is 11.0. The van der Waals surface area contributed by atoms with Gasteiger partial charge in [0, 0.05) is 43.6 Å². The summed E-state index contributed by atoms with van der Waals surface area (Å²) in [6.45, 7) is 4.67. The van der Waals surface area contributed by atoms with Crippen molar-refractivity contribution in [1.82, 2.24) is 19.1 Å². The number of para-hydroxylation sites is 4. The minimum atomic E-state index is -0.128. The molecule has 0 bridgehead atoms. The molecule has 0 atom stereocenters. The Labute approximate surface area is 352 Å². The lowest BCUT2D eigenvalue weighted by Crippen LogP contribution is -2.15. The van der Waals surface area contributed by atoms with Gasteiger partial charge in [-0.05, 0) is 98.8 Å². The number of hydrogen-bond donors (Lipinski definition) is 0. The van der Waals surface area contributed by atoms with Gasteiger partial charge in [-0.25, -0.2) is 9.97 Å². The predicted octanol–water partition coefficient (Wildman–Crippen LogP) is 14.6. The molecule has 0 saturated carbocycles. The van der Waals surface area contributed by atoms with Gasteiger partial charge in [0.1, 0.15) is 0 Å². The summed E-state index contributed by atoms with van der Waals surface area (Å²) < 4.78 is 4.67. The fourth-order valence-electron chi connectivity index (χ4n) is 10.5. The highest BCUT2D eigenvalue weighted by molar-refractivity contribution is 6.24. The Morgan fingerprint density at radius 2 is 1.00 bits per heavy atom. The van der Waals surface area contributed by atoms with E-state index in [4.69, 9.17) is 9.97 Å². The van der Waals surface area contributed by atoms with Gasteiger partial charge in [-0.3, -0.25) is 4.57 Å². The maximum Gasteiger partial charge on any atom is 0.235 e. The summed E-state index contributed by atoms with van der Waals surface area (Å²) in [6, 6.07) is 70.5. The molecule has 12 aromatic rings. The van der Waals surface area contributed by atoms with Crippen LogP contribution in [-0.2, 0) is 5.41 Å². The smallest absolute Gasteiger partial charge is 0.235 e. The molecule has 0 amide bonds. The molecule has 3 heterocycles. The molecule has 286 valence electrons. The Morgan fingerprint density at radius 3 is 1.84 bits per heavy atom. The van der Waals surface area contributed by atoms with Crippen molar-refractivity contribution in [3.8, 4) is 45.1 Å². The Bertz CT molecular complexity index is 3790. The second-order valence-corrected chi connectivity index (χ2v) is 17.0. The summed E-state index contributed by atoms with van der Waals surface area (Å²) in [7, 11) is 0. The van der Waals surface area contributed by atoms with Crippen LogP contribution >= 0.6 is 0 Å². The normalized spacial score (nSPS) is 13.2. The van der Waals surface area contributed by atoms with Crippen LogP contribution in [0.5, 0.6) is 0 Å². The summed E-state index contributed by atoms with van der Waals surface area (Å²) in [5.74, 6) is 0.658. The Balaban J connectivity index is 1.07. The van der Waals surface area contributed by atoms with Crippen molar-refractivity contribution in [3.63, 3.8) is 0 Å². The molecule has 0 spiro atoms. The van der Waals surface area contributed by atoms with E-state index in [-0.39, 0.29) is 5.41 Å². The lowest BCUT2D eigenvalue weighted by molar-refractivity contribution is 0.660. The Hall–Kier alpha value is -7.82. The van der Waals surface area contributed by atoms with Crippen molar-refractivity contribution < 1.29 is 0 Å². The summed E-state index contributed by atoms with van der Waals surface area (Å²) in [5, 5.41) is 8.30.